The Balaban J connectivity index is 2.74. The Hall–Kier alpha value is -1.57. The summed E-state index contributed by atoms with van der Waals surface area (Å²) in [4.78, 5) is 22.2. The van der Waals surface area contributed by atoms with E-state index in [1.165, 1.54) is 32.2 Å². The Morgan fingerprint density at radius 2 is 2.05 bits per heavy atom. The quantitative estimate of drug-likeness (QED) is 0.533. The molecule has 0 spiro atoms. The predicted octanol–water partition coefficient (Wildman–Crippen LogP) is 1.12. The Kier molecular flexibility index (Phi) is 6.67. The molecule has 116 valence electrons. The monoisotopic (exact) mass is 313 g/mol. The lowest BCUT2D eigenvalue weighted by atomic mass is 10.00. The highest BCUT2D eigenvalue weighted by atomic mass is 32.2. The maximum Gasteiger partial charge on any atom is 0.339 e. The number of carbonyl (C=O) groups excluding carboxylic acids is 2. The van der Waals surface area contributed by atoms with Crippen molar-refractivity contribution in [2.24, 2.45) is 0 Å². The van der Waals surface area contributed by atoms with Gasteiger partial charge in [-0.3, -0.25) is 4.79 Å². The summed E-state index contributed by atoms with van der Waals surface area (Å²) < 4.78 is 4.57. The van der Waals surface area contributed by atoms with Gasteiger partial charge in [0.05, 0.1) is 18.8 Å². The molecule has 0 saturated heterocycles. The van der Waals surface area contributed by atoms with Crippen LogP contribution in [0, 0.1) is 0 Å². The number of esters is 1. The van der Waals surface area contributed by atoms with E-state index in [-0.39, 0.29) is 22.8 Å². The molecule has 2 unspecified atom stereocenters. The first-order valence-electron chi connectivity index (χ1n) is 6.34. The smallest absolute Gasteiger partial charge is 0.339 e. The van der Waals surface area contributed by atoms with E-state index in [0.717, 1.165) is 11.8 Å². The molecule has 0 radical (unpaired) electrons. The van der Waals surface area contributed by atoms with E-state index in [1.807, 2.05) is 0 Å². The zero-order chi connectivity index (χ0) is 16.0. The SMILES string of the molecule is COC(=O)c1ccc(C(O)C(O)CCSC(C)=O)cc1N. The zero-order valence-electron chi connectivity index (χ0n) is 11.9. The molecule has 4 N–H and O–H groups in total. The van der Waals surface area contributed by atoms with Crippen molar-refractivity contribution in [2.45, 2.75) is 25.6 Å². The molecule has 1 aromatic rings. The van der Waals surface area contributed by atoms with Crippen molar-refractivity contribution in [3.63, 3.8) is 0 Å². The number of aliphatic hydroxyl groups excluding tert-OH is 2. The highest BCUT2D eigenvalue weighted by Crippen LogP contribution is 2.24. The Morgan fingerprint density at radius 3 is 2.57 bits per heavy atom. The van der Waals surface area contributed by atoms with Crippen molar-refractivity contribution in [2.75, 3.05) is 18.6 Å². The van der Waals surface area contributed by atoms with Crippen molar-refractivity contribution in [1.29, 1.82) is 0 Å². The van der Waals surface area contributed by atoms with Gasteiger partial charge in [-0.2, -0.15) is 0 Å². The van der Waals surface area contributed by atoms with Gasteiger partial charge < -0.3 is 20.7 Å². The van der Waals surface area contributed by atoms with Crippen LogP contribution in [0.1, 0.15) is 35.4 Å². The second-order valence-electron chi connectivity index (χ2n) is 4.48. The van der Waals surface area contributed by atoms with E-state index in [4.69, 9.17) is 5.73 Å². The number of carbonyl (C=O) groups is 2. The number of nitrogens with two attached hydrogens (primary N) is 1. The zero-order valence-corrected chi connectivity index (χ0v) is 12.7. The normalized spacial score (nSPS) is 13.5. The fourth-order valence-corrected chi connectivity index (χ4v) is 2.41. The van der Waals surface area contributed by atoms with Crippen molar-refractivity contribution in [3.05, 3.63) is 29.3 Å². The molecule has 1 rings (SSSR count). The molecule has 0 saturated carbocycles. The van der Waals surface area contributed by atoms with Crippen molar-refractivity contribution >= 4 is 28.5 Å². The van der Waals surface area contributed by atoms with Gasteiger partial charge in [-0.1, -0.05) is 17.8 Å². The highest BCUT2D eigenvalue weighted by molar-refractivity contribution is 8.13. The van der Waals surface area contributed by atoms with Crippen LogP contribution in [-0.4, -0.2) is 40.3 Å². The van der Waals surface area contributed by atoms with Gasteiger partial charge in [0.2, 0.25) is 0 Å². The molecule has 0 fully saturated rings. The van der Waals surface area contributed by atoms with E-state index in [9.17, 15) is 19.8 Å². The summed E-state index contributed by atoms with van der Waals surface area (Å²) in [6, 6.07) is 4.38. The molecule has 7 heteroatoms. The molecule has 0 aliphatic carbocycles. The third kappa shape index (κ3) is 5.04. The molecule has 0 aromatic heterocycles. The van der Waals surface area contributed by atoms with Crippen LogP contribution in [0.15, 0.2) is 18.2 Å². The maximum absolute atomic E-state index is 11.4. The summed E-state index contributed by atoms with van der Waals surface area (Å²) in [5, 5.41) is 19.9. The molecule has 2 atom stereocenters. The molecule has 0 aliphatic heterocycles. The number of thioether (sulfide) groups is 1. The van der Waals surface area contributed by atoms with Crippen molar-refractivity contribution < 1.29 is 24.5 Å². The molecule has 1 aromatic carbocycles. The molecule has 21 heavy (non-hydrogen) atoms. The number of methoxy groups -OCH3 is 1. The molecule has 0 aliphatic rings. The van der Waals surface area contributed by atoms with Gasteiger partial charge in [-0.25, -0.2) is 4.79 Å². The third-order valence-electron chi connectivity index (χ3n) is 2.91. The van der Waals surface area contributed by atoms with Crippen LogP contribution in [-0.2, 0) is 9.53 Å². The minimum Gasteiger partial charge on any atom is -0.465 e. The standard InChI is InChI=1S/C14H19NO5S/c1-8(16)21-6-5-12(17)13(18)9-3-4-10(11(15)7-9)14(19)20-2/h3-4,7,12-13,17-18H,5-6,15H2,1-2H3. The van der Waals surface area contributed by atoms with Crippen molar-refractivity contribution in [3.8, 4) is 0 Å². The average molecular weight is 313 g/mol. The van der Waals surface area contributed by atoms with E-state index < -0.39 is 18.2 Å². The van der Waals surface area contributed by atoms with E-state index in [0.29, 0.717) is 11.3 Å². The fourth-order valence-electron chi connectivity index (χ4n) is 1.76. The summed E-state index contributed by atoms with van der Waals surface area (Å²) >= 11 is 1.09. The first-order chi connectivity index (χ1) is 9.86. The van der Waals surface area contributed by atoms with E-state index in [1.54, 1.807) is 0 Å². The number of nitrogen functional groups attached to an aromatic ring is 1. The molecule has 6 nitrogen and oxygen atoms in total. The number of benzene rings is 1. The minimum atomic E-state index is -1.13. The number of anilines is 1. The number of ether oxygens (including phenoxy) is 1. The second-order valence-corrected chi connectivity index (χ2v) is 5.75. The van der Waals surface area contributed by atoms with Crippen molar-refractivity contribution in [1.82, 2.24) is 0 Å². The van der Waals surface area contributed by atoms with Gasteiger partial charge in [-0.15, -0.1) is 0 Å². The van der Waals surface area contributed by atoms with Gasteiger partial charge in [0.25, 0.3) is 0 Å². The van der Waals surface area contributed by atoms with Gasteiger partial charge in [0.1, 0.15) is 6.10 Å². The van der Waals surface area contributed by atoms with Crippen LogP contribution in [0.4, 0.5) is 5.69 Å². The highest BCUT2D eigenvalue weighted by Gasteiger charge is 2.20. The van der Waals surface area contributed by atoms with Gasteiger partial charge in [-0.05, 0) is 24.1 Å². The summed E-state index contributed by atoms with van der Waals surface area (Å²) in [6.45, 7) is 1.44. The van der Waals surface area contributed by atoms with E-state index in [2.05, 4.69) is 4.74 Å². The third-order valence-corrected chi connectivity index (χ3v) is 3.75. The summed E-state index contributed by atoms with van der Waals surface area (Å²) in [5.74, 6) is -0.143. The van der Waals surface area contributed by atoms with Crippen LogP contribution in [0.3, 0.4) is 0 Å². The van der Waals surface area contributed by atoms with Crippen LogP contribution in [0.25, 0.3) is 0 Å². The number of hydrogen-bond acceptors (Lipinski definition) is 7. The van der Waals surface area contributed by atoms with E-state index >= 15 is 0 Å². The lowest BCUT2D eigenvalue weighted by Gasteiger charge is -2.18. The Labute approximate surface area is 127 Å². The Bertz CT molecular complexity index is 520. The average Bonchev–Trinajstić information content (AvgIpc) is 2.45. The summed E-state index contributed by atoms with van der Waals surface area (Å²) in [6.07, 6.45) is -1.88. The minimum absolute atomic E-state index is 0.0386. The lowest BCUT2D eigenvalue weighted by Crippen LogP contribution is -2.19. The molecular weight excluding hydrogens is 294 g/mol. The topological polar surface area (TPSA) is 110 Å². The van der Waals surface area contributed by atoms with Gasteiger partial charge in [0.15, 0.2) is 5.12 Å². The number of aliphatic hydroxyl groups is 2. The molecular formula is C14H19NO5S. The largest absolute Gasteiger partial charge is 0.465 e. The second kappa shape index (κ2) is 8.02. The number of rotatable bonds is 6. The van der Waals surface area contributed by atoms with Crippen LogP contribution in [0.5, 0.6) is 0 Å². The molecule has 0 heterocycles. The van der Waals surface area contributed by atoms with Crippen LogP contribution < -0.4 is 5.73 Å². The van der Waals surface area contributed by atoms with Crippen LogP contribution in [0.2, 0.25) is 0 Å². The number of hydrogen-bond donors (Lipinski definition) is 3. The Morgan fingerprint density at radius 1 is 1.38 bits per heavy atom. The maximum atomic E-state index is 11.4. The summed E-state index contributed by atoms with van der Waals surface area (Å²) in [5.41, 5.74) is 6.51. The fraction of sp³-hybridized carbons (Fsp3) is 0.429. The molecule has 0 bridgehead atoms. The molecule has 0 amide bonds. The predicted molar refractivity (Wildman–Crippen MR) is 80.9 cm³/mol. The van der Waals surface area contributed by atoms with Gasteiger partial charge in [0, 0.05) is 18.4 Å². The first kappa shape index (κ1) is 17.5. The summed E-state index contributed by atoms with van der Waals surface area (Å²) in [7, 11) is 1.25. The first-order valence-corrected chi connectivity index (χ1v) is 7.32. The van der Waals surface area contributed by atoms with Crippen LogP contribution >= 0.6 is 11.8 Å². The lowest BCUT2D eigenvalue weighted by molar-refractivity contribution is -0.109. The van der Waals surface area contributed by atoms with Gasteiger partial charge >= 0.3 is 5.97 Å².